The molecular formula is C10H7ClO3. The predicted octanol–water partition coefficient (Wildman–Crippen LogP) is 1.03. The van der Waals surface area contributed by atoms with Gasteiger partial charge in [0, 0.05) is 11.1 Å². The summed E-state index contributed by atoms with van der Waals surface area (Å²) in [6.45, 7) is 0. The van der Waals surface area contributed by atoms with Crippen molar-refractivity contribution < 1.29 is 14.7 Å². The van der Waals surface area contributed by atoms with Gasteiger partial charge in [-0.2, -0.15) is 0 Å². The summed E-state index contributed by atoms with van der Waals surface area (Å²) in [5, 5.41) is 8.21. The average molecular weight is 211 g/mol. The number of rotatable bonds is 0. The fourth-order valence-corrected chi connectivity index (χ4v) is 1.73. The molecule has 3 nitrogen and oxygen atoms in total. The van der Waals surface area contributed by atoms with E-state index in [1.54, 1.807) is 12.1 Å². The van der Waals surface area contributed by atoms with Crippen LogP contribution in [-0.2, 0) is 0 Å². The third kappa shape index (κ3) is 1.17. The zero-order valence-electron chi connectivity index (χ0n) is 7.11. The van der Waals surface area contributed by atoms with Crippen LogP contribution in [0.4, 0.5) is 0 Å². The van der Waals surface area contributed by atoms with Gasteiger partial charge < -0.3 is 5.11 Å². The Kier molecular flexibility index (Phi) is 2.13. The minimum Gasteiger partial charge on any atom is -0.383 e. The molecule has 0 heterocycles. The molecule has 0 amide bonds. The van der Waals surface area contributed by atoms with E-state index in [0.29, 0.717) is 5.56 Å². The van der Waals surface area contributed by atoms with Gasteiger partial charge in [0.25, 0.3) is 0 Å². The maximum absolute atomic E-state index is 11.5. The molecule has 0 spiro atoms. The van der Waals surface area contributed by atoms with Crippen molar-refractivity contribution in [1.29, 1.82) is 0 Å². The van der Waals surface area contributed by atoms with Crippen molar-refractivity contribution in [2.75, 3.05) is 0 Å². The molecule has 4 heteroatoms. The van der Waals surface area contributed by atoms with Crippen molar-refractivity contribution >= 4 is 23.2 Å². The molecule has 1 aromatic rings. The number of halogens is 1. The summed E-state index contributed by atoms with van der Waals surface area (Å²) in [5.41, 5.74) is 0.546. The summed E-state index contributed by atoms with van der Waals surface area (Å²) in [6.07, 6.45) is -1.42. The highest BCUT2D eigenvalue weighted by atomic mass is 35.5. The molecule has 0 bridgehead atoms. The number of carbonyl (C=O) groups is 2. The number of benzene rings is 1. The number of ketones is 2. The number of hydrogen-bond acceptors (Lipinski definition) is 3. The number of alkyl halides is 1. The molecule has 1 aliphatic carbocycles. The molecule has 14 heavy (non-hydrogen) atoms. The number of Topliss-reactive ketones (excluding diaryl/α,β-unsaturated/α-hetero) is 2. The van der Waals surface area contributed by atoms with Gasteiger partial charge >= 0.3 is 0 Å². The zero-order chi connectivity index (χ0) is 10.3. The van der Waals surface area contributed by atoms with E-state index in [1.165, 1.54) is 12.1 Å². The van der Waals surface area contributed by atoms with E-state index in [4.69, 9.17) is 11.6 Å². The molecule has 0 unspecified atom stereocenters. The Morgan fingerprint density at radius 2 is 1.57 bits per heavy atom. The molecular weight excluding hydrogens is 204 g/mol. The Hall–Kier alpha value is -1.19. The predicted molar refractivity (Wildman–Crippen MR) is 50.8 cm³/mol. The minimum atomic E-state index is -1.42. The number of carbonyl (C=O) groups excluding carboxylic acids is 2. The lowest BCUT2D eigenvalue weighted by atomic mass is 9.87. The summed E-state index contributed by atoms with van der Waals surface area (Å²) < 4.78 is 0. The van der Waals surface area contributed by atoms with E-state index >= 15 is 0 Å². The van der Waals surface area contributed by atoms with Crippen LogP contribution < -0.4 is 0 Å². The van der Waals surface area contributed by atoms with Crippen molar-refractivity contribution in [3.63, 3.8) is 0 Å². The lowest BCUT2D eigenvalue weighted by Crippen LogP contribution is -2.41. The van der Waals surface area contributed by atoms with Crippen LogP contribution in [0, 0.1) is 0 Å². The molecule has 0 fully saturated rings. The molecule has 2 rings (SSSR count). The topological polar surface area (TPSA) is 54.4 Å². The quantitative estimate of drug-likeness (QED) is 0.651. The maximum atomic E-state index is 11.5. The lowest BCUT2D eigenvalue weighted by molar-refractivity contribution is 0.0662. The standard InChI is InChI=1S/C10H7ClO3/c11-7-8(12)5-3-1-2-4-6(5)9(13)10(7)14/h1-4,7,10,14H/t7-,10-/m0/s1. The van der Waals surface area contributed by atoms with Gasteiger partial charge in [-0.3, -0.25) is 9.59 Å². The van der Waals surface area contributed by atoms with Gasteiger partial charge in [0.2, 0.25) is 0 Å². The molecule has 1 aliphatic rings. The van der Waals surface area contributed by atoms with Crippen molar-refractivity contribution in [3.8, 4) is 0 Å². The maximum Gasteiger partial charge on any atom is 0.194 e. The summed E-state index contributed by atoms with van der Waals surface area (Å²) in [6, 6.07) is 6.36. The van der Waals surface area contributed by atoms with E-state index in [-0.39, 0.29) is 5.56 Å². The van der Waals surface area contributed by atoms with Crippen LogP contribution in [0.3, 0.4) is 0 Å². The van der Waals surface area contributed by atoms with E-state index in [2.05, 4.69) is 0 Å². The van der Waals surface area contributed by atoms with Crippen LogP contribution >= 0.6 is 11.6 Å². The Balaban J connectivity index is 2.62. The van der Waals surface area contributed by atoms with E-state index in [1.807, 2.05) is 0 Å². The van der Waals surface area contributed by atoms with Crippen LogP contribution in [0.5, 0.6) is 0 Å². The summed E-state index contributed by atoms with van der Waals surface area (Å²) in [5.74, 6) is -0.880. The van der Waals surface area contributed by atoms with Gasteiger partial charge in [0.15, 0.2) is 11.6 Å². The highest BCUT2D eigenvalue weighted by molar-refractivity contribution is 6.39. The molecule has 0 radical (unpaired) electrons. The normalized spacial score (nSPS) is 26.1. The molecule has 72 valence electrons. The molecule has 0 aromatic heterocycles. The summed E-state index contributed by atoms with van der Waals surface area (Å²) >= 11 is 5.62. The number of aliphatic hydroxyl groups is 1. The molecule has 0 aliphatic heterocycles. The fourth-order valence-electron chi connectivity index (χ4n) is 1.50. The van der Waals surface area contributed by atoms with Crippen molar-refractivity contribution in [2.24, 2.45) is 0 Å². The SMILES string of the molecule is O=C1c2ccccc2C(=O)[C@H](Cl)[C@@H]1O. The first-order valence-electron chi connectivity index (χ1n) is 4.12. The molecule has 0 saturated heterocycles. The summed E-state index contributed by atoms with van der Waals surface area (Å²) in [4.78, 5) is 23.0. The van der Waals surface area contributed by atoms with Crippen LogP contribution in [0.15, 0.2) is 24.3 Å². The van der Waals surface area contributed by atoms with Gasteiger partial charge in [0.05, 0.1) is 0 Å². The Morgan fingerprint density at radius 3 is 2.14 bits per heavy atom. The fraction of sp³-hybridized carbons (Fsp3) is 0.200. The number of fused-ring (bicyclic) bond motifs is 1. The van der Waals surface area contributed by atoms with E-state index in [9.17, 15) is 14.7 Å². The first kappa shape index (κ1) is 9.37. The highest BCUT2D eigenvalue weighted by Gasteiger charge is 2.38. The average Bonchev–Trinajstić information content (AvgIpc) is 2.23. The van der Waals surface area contributed by atoms with Gasteiger partial charge in [-0.25, -0.2) is 0 Å². The largest absolute Gasteiger partial charge is 0.383 e. The third-order valence-electron chi connectivity index (χ3n) is 2.25. The lowest BCUT2D eigenvalue weighted by Gasteiger charge is -2.22. The van der Waals surface area contributed by atoms with Crippen LogP contribution in [0.2, 0.25) is 0 Å². The van der Waals surface area contributed by atoms with Gasteiger partial charge in [0.1, 0.15) is 11.5 Å². The molecule has 2 atom stereocenters. The first-order valence-corrected chi connectivity index (χ1v) is 4.56. The summed E-state index contributed by atoms with van der Waals surface area (Å²) in [7, 11) is 0. The van der Waals surface area contributed by atoms with E-state index in [0.717, 1.165) is 0 Å². The van der Waals surface area contributed by atoms with Crippen LogP contribution in [0.1, 0.15) is 20.7 Å². The van der Waals surface area contributed by atoms with Crippen molar-refractivity contribution in [3.05, 3.63) is 35.4 Å². The van der Waals surface area contributed by atoms with Crippen LogP contribution in [-0.4, -0.2) is 28.2 Å². The highest BCUT2D eigenvalue weighted by Crippen LogP contribution is 2.24. The minimum absolute atomic E-state index is 0.252. The third-order valence-corrected chi connectivity index (χ3v) is 2.69. The van der Waals surface area contributed by atoms with Crippen molar-refractivity contribution in [1.82, 2.24) is 0 Å². The number of aliphatic hydroxyl groups excluding tert-OH is 1. The monoisotopic (exact) mass is 210 g/mol. The Bertz CT molecular complexity index is 375. The molecule has 1 N–H and O–H groups in total. The first-order chi connectivity index (χ1) is 6.63. The zero-order valence-corrected chi connectivity index (χ0v) is 7.86. The van der Waals surface area contributed by atoms with E-state index < -0.39 is 23.0 Å². The second-order valence-electron chi connectivity index (χ2n) is 3.12. The Morgan fingerprint density at radius 1 is 1.07 bits per heavy atom. The van der Waals surface area contributed by atoms with Crippen molar-refractivity contribution in [2.45, 2.75) is 11.5 Å². The second kappa shape index (κ2) is 3.19. The van der Waals surface area contributed by atoms with Gasteiger partial charge in [-0.05, 0) is 0 Å². The smallest absolute Gasteiger partial charge is 0.194 e. The van der Waals surface area contributed by atoms with Gasteiger partial charge in [-0.1, -0.05) is 24.3 Å². The van der Waals surface area contributed by atoms with Crippen LogP contribution in [0.25, 0.3) is 0 Å². The Labute approximate surface area is 85.3 Å². The molecule has 1 aromatic carbocycles. The van der Waals surface area contributed by atoms with Gasteiger partial charge in [-0.15, -0.1) is 11.6 Å². The second-order valence-corrected chi connectivity index (χ2v) is 3.59. The number of hydrogen-bond donors (Lipinski definition) is 1. The molecule has 0 saturated carbocycles.